The number of ether oxygens (including phenoxy) is 3. The van der Waals surface area contributed by atoms with Crippen LogP contribution in [0.5, 0.6) is 0 Å². The molecule has 10 nitrogen and oxygen atoms in total. The molecular formula is C29H40O10. The molecule has 11 unspecified atom stereocenters. The summed E-state index contributed by atoms with van der Waals surface area (Å²) < 4.78 is 18.0. The molecule has 0 aromatic carbocycles. The average molecular weight is 549 g/mol. The summed E-state index contributed by atoms with van der Waals surface area (Å²) in [7, 11) is 0. The molecule has 5 aliphatic rings. The predicted molar refractivity (Wildman–Crippen MR) is 136 cm³/mol. The second kappa shape index (κ2) is 8.22. The molecule has 10 heteroatoms. The molecule has 0 bridgehead atoms. The Kier molecular flexibility index (Phi) is 5.99. The highest BCUT2D eigenvalue weighted by Gasteiger charge is 2.92. The van der Waals surface area contributed by atoms with Gasteiger partial charge < -0.3 is 34.6 Å². The second-order valence-corrected chi connectivity index (χ2v) is 13.1. The zero-order chi connectivity index (χ0) is 29.2. The van der Waals surface area contributed by atoms with Gasteiger partial charge in [-0.25, -0.2) is 4.79 Å². The van der Waals surface area contributed by atoms with E-state index in [-0.39, 0.29) is 5.57 Å². The van der Waals surface area contributed by atoms with Gasteiger partial charge >= 0.3 is 11.9 Å². The van der Waals surface area contributed by atoms with Crippen LogP contribution in [0, 0.1) is 35.0 Å². The summed E-state index contributed by atoms with van der Waals surface area (Å²) in [5.74, 6) is -6.51. The number of epoxide rings is 1. The fourth-order valence-electron chi connectivity index (χ4n) is 8.29. The monoisotopic (exact) mass is 548 g/mol. The maximum Gasteiger partial charge on any atom is 0.333 e. The van der Waals surface area contributed by atoms with E-state index < -0.39 is 100 Å². The van der Waals surface area contributed by atoms with E-state index in [2.05, 4.69) is 0 Å². The molecule has 5 rings (SSSR count). The minimum absolute atomic E-state index is 0.219. The minimum atomic E-state index is -2.26. The lowest BCUT2D eigenvalue weighted by molar-refractivity contribution is -0.250. The largest absolute Gasteiger partial charge is 0.454 e. The van der Waals surface area contributed by atoms with Crippen LogP contribution in [0.4, 0.5) is 0 Å². The van der Waals surface area contributed by atoms with Crippen LogP contribution in [0.15, 0.2) is 23.3 Å². The lowest BCUT2D eigenvalue weighted by Gasteiger charge is -2.54. The molecular weight excluding hydrogens is 508 g/mol. The third-order valence-electron chi connectivity index (χ3n) is 10.7. The number of aliphatic hydroxyl groups excluding tert-OH is 2. The number of ketones is 1. The van der Waals surface area contributed by atoms with Gasteiger partial charge in [0, 0.05) is 34.7 Å². The Bertz CT molecular complexity index is 1200. The standard InChI is InChI=1S/C29H40O10/c1-9-13(4)23(34)37-21-15(6)27(35)16-10-14(5)19(31)28(16,36)24-26(11-30,39-24)20(32)17(27)18-25(7,8)29(18,21)38-22(33)12(2)3/h9-10,12,15-18,20-21,24,30,32,35-36H,11H2,1-8H3/b13-9+. The maximum absolute atomic E-state index is 13.4. The van der Waals surface area contributed by atoms with Crippen LogP contribution in [0.1, 0.15) is 55.4 Å². The van der Waals surface area contributed by atoms with Crippen LogP contribution in [0.25, 0.3) is 0 Å². The number of rotatable bonds is 5. The van der Waals surface area contributed by atoms with Crippen molar-refractivity contribution in [2.75, 3.05) is 6.61 Å². The summed E-state index contributed by atoms with van der Waals surface area (Å²) in [6, 6.07) is 0. The fraction of sp³-hybridized carbons (Fsp3) is 0.759. The van der Waals surface area contributed by atoms with Crippen LogP contribution in [-0.4, -0.2) is 85.5 Å². The Morgan fingerprint density at radius 2 is 1.85 bits per heavy atom. The van der Waals surface area contributed by atoms with Crippen LogP contribution in [-0.2, 0) is 28.6 Å². The van der Waals surface area contributed by atoms with Gasteiger partial charge in [0.15, 0.2) is 17.0 Å². The number of carbonyl (C=O) groups excluding carboxylic acids is 3. The van der Waals surface area contributed by atoms with Crippen molar-refractivity contribution in [1.29, 1.82) is 0 Å². The van der Waals surface area contributed by atoms with E-state index >= 15 is 0 Å². The van der Waals surface area contributed by atoms with Crippen molar-refractivity contribution in [3.05, 3.63) is 23.3 Å². The van der Waals surface area contributed by atoms with E-state index in [1.54, 1.807) is 40.7 Å². The fourth-order valence-corrected chi connectivity index (χ4v) is 8.29. The average Bonchev–Trinajstić information content (AvgIpc) is 3.72. The number of fused-ring (bicyclic) bond motifs is 7. The van der Waals surface area contributed by atoms with Crippen molar-refractivity contribution in [1.82, 2.24) is 0 Å². The Balaban J connectivity index is 1.75. The summed E-state index contributed by atoms with van der Waals surface area (Å²) in [6.45, 7) is 12.7. The third-order valence-corrected chi connectivity index (χ3v) is 10.7. The van der Waals surface area contributed by atoms with Gasteiger partial charge in [0.05, 0.1) is 24.2 Å². The predicted octanol–water partition coefficient (Wildman–Crippen LogP) is 0.836. The number of allylic oxidation sites excluding steroid dienone is 1. The highest BCUT2D eigenvalue weighted by molar-refractivity contribution is 6.05. The molecule has 1 aliphatic heterocycles. The first-order valence-corrected chi connectivity index (χ1v) is 13.7. The molecule has 216 valence electrons. The normalized spacial score (nSPS) is 49.2. The quantitative estimate of drug-likeness (QED) is 0.220. The molecule has 1 heterocycles. The second-order valence-electron chi connectivity index (χ2n) is 13.1. The van der Waals surface area contributed by atoms with E-state index in [1.165, 1.54) is 13.0 Å². The van der Waals surface area contributed by atoms with Gasteiger partial charge in [-0.3, -0.25) is 9.59 Å². The van der Waals surface area contributed by atoms with Crippen molar-refractivity contribution in [2.45, 2.75) is 96.1 Å². The summed E-state index contributed by atoms with van der Waals surface area (Å²) >= 11 is 0. The van der Waals surface area contributed by atoms with Crippen molar-refractivity contribution in [3.63, 3.8) is 0 Å². The van der Waals surface area contributed by atoms with Gasteiger partial charge in [0.25, 0.3) is 0 Å². The van der Waals surface area contributed by atoms with Crippen LogP contribution < -0.4 is 0 Å². The smallest absolute Gasteiger partial charge is 0.333 e. The molecule has 4 aliphatic carbocycles. The molecule has 4 fully saturated rings. The number of hydrogen-bond acceptors (Lipinski definition) is 10. The molecule has 0 aromatic heterocycles. The number of Topliss-reactive ketones (excluding diaryl/α,β-unsaturated/α-hetero) is 1. The molecule has 0 amide bonds. The van der Waals surface area contributed by atoms with E-state index in [0.29, 0.717) is 5.57 Å². The van der Waals surface area contributed by atoms with Gasteiger partial charge in [-0.05, 0) is 26.3 Å². The van der Waals surface area contributed by atoms with Gasteiger partial charge in [-0.15, -0.1) is 0 Å². The van der Waals surface area contributed by atoms with Gasteiger partial charge in [-0.1, -0.05) is 46.8 Å². The zero-order valence-electron chi connectivity index (χ0n) is 23.7. The molecule has 0 radical (unpaired) electrons. The highest BCUT2D eigenvalue weighted by Crippen LogP contribution is 2.79. The molecule has 1 saturated heterocycles. The number of hydrogen-bond donors (Lipinski definition) is 4. The van der Waals surface area contributed by atoms with Crippen LogP contribution in [0.3, 0.4) is 0 Å². The minimum Gasteiger partial charge on any atom is -0.454 e. The van der Waals surface area contributed by atoms with E-state index in [0.717, 1.165) is 0 Å². The first kappa shape index (κ1) is 28.4. The van der Waals surface area contributed by atoms with E-state index in [9.17, 15) is 34.8 Å². The summed E-state index contributed by atoms with van der Waals surface area (Å²) in [5.41, 5.74) is -7.78. The van der Waals surface area contributed by atoms with Crippen LogP contribution >= 0.6 is 0 Å². The van der Waals surface area contributed by atoms with E-state index in [4.69, 9.17) is 14.2 Å². The first-order valence-electron chi connectivity index (χ1n) is 13.7. The van der Waals surface area contributed by atoms with Crippen molar-refractivity contribution in [3.8, 4) is 0 Å². The van der Waals surface area contributed by atoms with Crippen LogP contribution in [0.2, 0.25) is 0 Å². The Labute approximate surface area is 228 Å². The number of carbonyl (C=O) groups is 3. The first-order chi connectivity index (χ1) is 18.0. The number of aliphatic hydroxyl groups is 4. The molecule has 4 N–H and O–H groups in total. The molecule has 39 heavy (non-hydrogen) atoms. The van der Waals surface area contributed by atoms with Gasteiger partial charge in [0.1, 0.15) is 17.8 Å². The summed E-state index contributed by atoms with van der Waals surface area (Å²) in [4.78, 5) is 39.6. The summed E-state index contributed by atoms with van der Waals surface area (Å²) in [6.07, 6.45) is -0.897. The SMILES string of the molecule is C/C=C(\C)C(=O)OC1C(C)C2(O)C(C(O)C3(CO)OC3C3(O)C(=O)C(C)=CC32)C2C(C)(C)C12OC(=O)C(C)C. The lowest BCUT2D eigenvalue weighted by atomic mass is 9.58. The summed E-state index contributed by atoms with van der Waals surface area (Å²) in [5, 5.41) is 47.1. The molecule has 3 saturated carbocycles. The van der Waals surface area contributed by atoms with Gasteiger partial charge in [0.2, 0.25) is 0 Å². The van der Waals surface area contributed by atoms with Crippen molar-refractivity contribution < 1.29 is 49.0 Å². The zero-order valence-corrected chi connectivity index (χ0v) is 23.7. The highest BCUT2D eigenvalue weighted by atomic mass is 16.7. The molecule has 0 aromatic rings. The van der Waals surface area contributed by atoms with Crippen molar-refractivity contribution in [2.24, 2.45) is 35.0 Å². The van der Waals surface area contributed by atoms with E-state index in [1.807, 2.05) is 13.8 Å². The number of esters is 2. The third kappa shape index (κ3) is 3.07. The Morgan fingerprint density at radius 3 is 2.38 bits per heavy atom. The molecule has 0 spiro atoms. The Hall–Kier alpha value is -2.11. The maximum atomic E-state index is 13.4. The Morgan fingerprint density at radius 1 is 1.23 bits per heavy atom. The topological polar surface area (TPSA) is 163 Å². The van der Waals surface area contributed by atoms with Crippen molar-refractivity contribution >= 4 is 17.7 Å². The van der Waals surface area contributed by atoms with Gasteiger partial charge in [-0.2, -0.15) is 0 Å². The molecule has 11 atom stereocenters. The lowest BCUT2D eigenvalue weighted by Crippen LogP contribution is -2.69.